The lowest BCUT2D eigenvalue weighted by atomic mass is 10.1. The Labute approximate surface area is 96.7 Å². The molecule has 0 bridgehead atoms. The largest absolute Gasteiger partial charge is 0.356 e. The highest BCUT2D eigenvalue weighted by Gasteiger charge is 2.13. The second-order valence-electron chi connectivity index (χ2n) is 3.51. The third-order valence-corrected chi connectivity index (χ3v) is 3.05. The number of aromatic nitrogens is 1. The first kappa shape index (κ1) is 10.1. The first-order valence-corrected chi connectivity index (χ1v) is 5.91. The van der Waals surface area contributed by atoms with Gasteiger partial charge in [-0.25, -0.2) is 4.98 Å². The molecule has 1 aliphatic heterocycles. The highest BCUT2D eigenvalue weighted by atomic mass is 127. The average Bonchev–Trinajstić information content (AvgIpc) is 2.18. The molecule has 1 aromatic rings. The van der Waals surface area contributed by atoms with Gasteiger partial charge in [-0.2, -0.15) is 4.39 Å². The van der Waals surface area contributed by atoms with Crippen LogP contribution in [0.1, 0.15) is 19.3 Å². The number of piperidine rings is 1. The van der Waals surface area contributed by atoms with Crippen LogP contribution in [0.15, 0.2) is 12.1 Å². The molecule has 4 heteroatoms. The number of hydrogen-bond acceptors (Lipinski definition) is 2. The molecule has 0 saturated carbocycles. The molecule has 0 N–H and O–H groups in total. The molecule has 2 nitrogen and oxygen atoms in total. The monoisotopic (exact) mass is 306 g/mol. The molecule has 76 valence electrons. The summed E-state index contributed by atoms with van der Waals surface area (Å²) >= 11 is 2.12. The summed E-state index contributed by atoms with van der Waals surface area (Å²) in [4.78, 5) is 6.07. The van der Waals surface area contributed by atoms with Crippen molar-refractivity contribution in [1.29, 1.82) is 0 Å². The number of rotatable bonds is 1. The maximum Gasteiger partial charge on any atom is 0.215 e. The molecule has 0 unspecified atom stereocenters. The Morgan fingerprint density at radius 1 is 1.21 bits per heavy atom. The van der Waals surface area contributed by atoms with Crippen molar-refractivity contribution in [2.75, 3.05) is 18.0 Å². The molecule has 0 amide bonds. The number of anilines is 1. The van der Waals surface area contributed by atoms with E-state index in [2.05, 4.69) is 32.5 Å². The van der Waals surface area contributed by atoms with Crippen molar-refractivity contribution in [3.8, 4) is 0 Å². The van der Waals surface area contributed by atoms with Gasteiger partial charge in [0.1, 0.15) is 5.82 Å². The van der Waals surface area contributed by atoms with Crippen LogP contribution < -0.4 is 4.90 Å². The number of nitrogens with zero attached hydrogens (tertiary/aromatic N) is 2. The molecule has 0 spiro atoms. The fraction of sp³-hybridized carbons (Fsp3) is 0.500. The molecular weight excluding hydrogens is 294 g/mol. The quantitative estimate of drug-likeness (QED) is 0.586. The van der Waals surface area contributed by atoms with Crippen molar-refractivity contribution in [2.24, 2.45) is 0 Å². The van der Waals surface area contributed by atoms with Crippen LogP contribution >= 0.6 is 22.6 Å². The van der Waals surface area contributed by atoms with Crippen LogP contribution in [0.4, 0.5) is 10.2 Å². The molecule has 1 aliphatic rings. The van der Waals surface area contributed by atoms with Crippen LogP contribution in [0.5, 0.6) is 0 Å². The van der Waals surface area contributed by atoms with Gasteiger partial charge < -0.3 is 4.90 Å². The maximum atomic E-state index is 13.0. The van der Waals surface area contributed by atoms with E-state index < -0.39 is 0 Å². The van der Waals surface area contributed by atoms with E-state index in [9.17, 15) is 4.39 Å². The molecule has 0 aliphatic carbocycles. The standard InChI is InChI=1S/C10H12FIN2/c11-9-6-8(12)7-10(13-9)14-4-2-1-3-5-14/h6-7H,1-5H2. The average molecular weight is 306 g/mol. The van der Waals surface area contributed by atoms with Crippen LogP contribution in [-0.2, 0) is 0 Å². The molecule has 0 radical (unpaired) electrons. The predicted molar refractivity (Wildman–Crippen MR) is 63.0 cm³/mol. The Balaban J connectivity index is 2.21. The van der Waals surface area contributed by atoms with Crippen molar-refractivity contribution in [3.63, 3.8) is 0 Å². The molecule has 2 heterocycles. The predicted octanol–water partition coefficient (Wildman–Crippen LogP) is 2.82. The van der Waals surface area contributed by atoms with E-state index in [1.165, 1.54) is 25.3 Å². The second-order valence-corrected chi connectivity index (χ2v) is 4.76. The summed E-state index contributed by atoms with van der Waals surface area (Å²) in [6.45, 7) is 2.01. The van der Waals surface area contributed by atoms with E-state index >= 15 is 0 Å². The van der Waals surface area contributed by atoms with Gasteiger partial charge in [-0.3, -0.25) is 0 Å². The molecule has 0 aromatic carbocycles. The van der Waals surface area contributed by atoms with Crippen LogP contribution in [0.2, 0.25) is 0 Å². The number of pyridine rings is 1. The lowest BCUT2D eigenvalue weighted by Gasteiger charge is -2.27. The number of hydrogen-bond donors (Lipinski definition) is 0. The first-order chi connectivity index (χ1) is 6.75. The zero-order valence-corrected chi connectivity index (χ0v) is 10.00. The minimum atomic E-state index is -0.377. The summed E-state index contributed by atoms with van der Waals surface area (Å²) in [5.41, 5.74) is 0. The maximum absolute atomic E-state index is 13.0. The molecule has 1 fully saturated rings. The van der Waals surface area contributed by atoms with Gasteiger partial charge in [0.15, 0.2) is 0 Å². The minimum absolute atomic E-state index is 0.377. The molecule has 1 saturated heterocycles. The molecule has 14 heavy (non-hydrogen) atoms. The van der Waals surface area contributed by atoms with Gasteiger partial charge >= 0.3 is 0 Å². The van der Waals surface area contributed by atoms with Gasteiger partial charge in [-0.15, -0.1) is 0 Å². The van der Waals surface area contributed by atoms with Crippen molar-refractivity contribution in [1.82, 2.24) is 4.98 Å². The zero-order valence-electron chi connectivity index (χ0n) is 7.84. The lowest BCUT2D eigenvalue weighted by Crippen LogP contribution is -2.30. The summed E-state index contributed by atoms with van der Waals surface area (Å²) < 4.78 is 14.0. The Kier molecular flexibility index (Phi) is 3.20. The van der Waals surface area contributed by atoms with Crippen molar-refractivity contribution < 1.29 is 4.39 Å². The third-order valence-electron chi connectivity index (χ3n) is 2.43. The third kappa shape index (κ3) is 2.34. The summed E-state index contributed by atoms with van der Waals surface area (Å²) in [5, 5.41) is 0. The van der Waals surface area contributed by atoms with Crippen LogP contribution in [-0.4, -0.2) is 18.1 Å². The summed E-state index contributed by atoms with van der Waals surface area (Å²) in [6, 6.07) is 3.39. The SMILES string of the molecule is Fc1cc(I)cc(N2CCCCC2)n1. The Morgan fingerprint density at radius 3 is 2.57 bits per heavy atom. The van der Waals surface area contributed by atoms with Crippen molar-refractivity contribution in [3.05, 3.63) is 21.7 Å². The Bertz CT molecular complexity index is 304. The Hall–Kier alpha value is -0.390. The molecular formula is C10H12FIN2. The van der Waals surface area contributed by atoms with Gasteiger partial charge in [-0.1, -0.05) is 0 Å². The van der Waals surface area contributed by atoms with E-state index in [1.807, 2.05) is 6.07 Å². The number of halogens is 2. The van der Waals surface area contributed by atoms with Crippen molar-refractivity contribution >= 4 is 28.4 Å². The van der Waals surface area contributed by atoms with Gasteiger partial charge in [0.25, 0.3) is 0 Å². The smallest absolute Gasteiger partial charge is 0.215 e. The molecule has 1 aromatic heterocycles. The highest BCUT2D eigenvalue weighted by molar-refractivity contribution is 14.1. The van der Waals surface area contributed by atoms with Crippen LogP contribution in [0, 0.1) is 9.52 Å². The fourth-order valence-electron chi connectivity index (χ4n) is 1.74. The summed E-state index contributed by atoms with van der Waals surface area (Å²) in [6.07, 6.45) is 3.66. The minimum Gasteiger partial charge on any atom is -0.356 e. The second kappa shape index (κ2) is 4.42. The summed E-state index contributed by atoms with van der Waals surface area (Å²) in [7, 11) is 0. The summed E-state index contributed by atoms with van der Waals surface area (Å²) in [5.74, 6) is 0.409. The van der Waals surface area contributed by atoms with Gasteiger partial charge in [0.2, 0.25) is 5.95 Å². The zero-order chi connectivity index (χ0) is 9.97. The van der Waals surface area contributed by atoms with Crippen molar-refractivity contribution in [2.45, 2.75) is 19.3 Å². The first-order valence-electron chi connectivity index (χ1n) is 4.84. The molecule has 0 atom stereocenters. The van der Waals surface area contributed by atoms with E-state index in [4.69, 9.17) is 0 Å². The van der Waals surface area contributed by atoms with Gasteiger partial charge in [0.05, 0.1) is 0 Å². The fourth-order valence-corrected chi connectivity index (χ4v) is 2.27. The Morgan fingerprint density at radius 2 is 1.93 bits per heavy atom. The van der Waals surface area contributed by atoms with Crippen LogP contribution in [0.25, 0.3) is 0 Å². The molecule has 2 rings (SSSR count). The van der Waals surface area contributed by atoms with E-state index in [0.29, 0.717) is 0 Å². The van der Waals surface area contributed by atoms with E-state index in [-0.39, 0.29) is 5.95 Å². The van der Waals surface area contributed by atoms with E-state index in [1.54, 1.807) is 0 Å². The van der Waals surface area contributed by atoms with Gasteiger partial charge in [0, 0.05) is 22.7 Å². The topological polar surface area (TPSA) is 16.1 Å². The van der Waals surface area contributed by atoms with Crippen LogP contribution in [0.3, 0.4) is 0 Å². The highest BCUT2D eigenvalue weighted by Crippen LogP contribution is 2.20. The lowest BCUT2D eigenvalue weighted by molar-refractivity contribution is 0.553. The normalized spacial score (nSPS) is 17.1. The van der Waals surface area contributed by atoms with E-state index in [0.717, 1.165) is 22.5 Å². The van der Waals surface area contributed by atoms with Gasteiger partial charge in [-0.05, 0) is 47.9 Å².